The minimum Gasteiger partial charge on any atom is -0.392 e. The zero-order chi connectivity index (χ0) is 13.8. The van der Waals surface area contributed by atoms with Crippen molar-refractivity contribution in [3.8, 4) is 0 Å². The van der Waals surface area contributed by atoms with E-state index in [2.05, 4.69) is 4.90 Å². The van der Waals surface area contributed by atoms with E-state index < -0.39 is 0 Å². The van der Waals surface area contributed by atoms with E-state index in [-0.39, 0.29) is 12.0 Å². The first-order valence-electron chi connectivity index (χ1n) is 6.55. The number of aliphatic hydroxyl groups is 1. The number of nitrogens with zero attached hydrogens (tertiary/aromatic N) is 2. The van der Waals surface area contributed by atoms with Gasteiger partial charge in [-0.3, -0.25) is 9.69 Å². The third kappa shape index (κ3) is 3.92. The Morgan fingerprint density at radius 3 is 2.63 bits per heavy atom. The smallest absolute Gasteiger partial charge is 0.264 e. The maximum atomic E-state index is 12.2. The first kappa shape index (κ1) is 14.8. The predicted octanol–water partition coefficient (Wildman–Crippen LogP) is 1.93. The summed E-state index contributed by atoms with van der Waals surface area (Å²) >= 11 is 7.18. The molecular formula is C13H19ClN2O2S. The molecule has 2 heterocycles. The van der Waals surface area contributed by atoms with Crippen LogP contribution in [-0.2, 0) is 0 Å². The Morgan fingerprint density at radius 1 is 1.42 bits per heavy atom. The molecule has 1 fully saturated rings. The summed E-state index contributed by atoms with van der Waals surface area (Å²) < 4.78 is 0.646. The number of rotatable bonds is 4. The number of piperazine rings is 1. The summed E-state index contributed by atoms with van der Waals surface area (Å²) in [6.45, 7) is 5.74. The average Bonchev–Trinajstić information content (AvgIpc) is 2.85. The van der Waals surface area contributed by atoms with Crippen molar-refractivity contribution >= 4 is 28.8 Å². The lowest BCUT2D eigenvalue weighted by Gasteiger charge is -2.35. The lowest BCUT2D eigenvalue weighted by Crippen LogP contribution is -2.50. The van der Waals surface area contributed by atoms with Gasteiger partial charge in [0.15, 0.2) is 0 Å². The Kier molecular flexibility index (Phi) is 5.21. The van der Waals surface area contributed by atoms with Gasteiger partial charge in [-0.25, -0.2) is 0 Å². The van der Waals surface area contributed by atoms with Crippen molar-refractivity contribution in [1.29, 1.82) is 0 Å². The second kappa shape index (κ2) is 6.70. The highest BCUT2D eigenvalue weighted by Gasteiger charge is 2.23. The van der Waals surface area contributed by atoms with Crippen LogP contribution >= 0.6 is 22.9 Å². The molecule has 1 aliphatic heterocycles. The number of carbonyl (C=O) groups is 1. The van der Waals surface area contributed by atoms with Crippen LogP contribution in [0, 0.1) is 0 Å². The van der Waals surface area contributed by atoms with Crippen LogP contribution in [0.15, 0.2) is 12.1 Å². The van der Waals surface area contributed by atoms with Gasteiger partial charge in [-0.15, -0.1) is 11.3 Å². The standard InChI is InChI=1S/C13H19ClN2O2S/c1-2-10(17)9-15-5-7-16(8-6-15)13(18)11-3-4-12(14)19-11/h3-4,10,17H,2,5-9H2,1H3. The van der Waals surface area contributed by atoms with Gasteiger partial charge >= 0.3 is 0 Å². The summed E-state index contributed by atoms with van der Waals surface area (Å²) in [4.78, 5) is 17.0. The van der Waals surface area contributed by atoms with Gasteiger partial charge in [-0.05, 0) is 18.6 Å². The Hall–Kier alpha value is -0.620. The predicted molar refractivity (Wildman–Crippen MR) is 78.0 cm³/mol. The molecule has 0 aliphatic carbocycles. The van der Waals surface area contributed by atoms with Crippen LogP contribution in [0.3, 0.4) is 0 Å². The Morgan fingerprint density at radius 2 is 2.11 bits per heavy atom. The summed E-state index contributed by atoms with van der Waals surface area (Å²) in [5, 5.41) is 9.63. The number of amides is 1. The van der Waals surface area contributed by atoms with E-state index in [1.807, 2.05) is 11.8 Å². The fourth-order valence-electron chi connectivity index (χ4n) is 2.15. The average molecular weight is 303 g/mol. The first-order chi connectivity index (χ1) is 9.10. The largest absolute Gasteiger partial charge is 0.392 e. The van der Waals surface area contributed by atoms with Gasteiger partial charge in [-0.2, -0.15) is 0 Å². The van der Waals surface area contributed by atoms with Gasteiger partial charge in [0.2, 0.25) is 0 Å². The zero-order valence-corrected chi connectivity index (χ0v) is 12.6. The van der Waals surface area contributed by atoms with E-state index in [9.17, 15) is 9.90 Å². The van der Waals surface area contributed by atoms with Crippen molar-refractivity contribution in [2.75, 3.05) is 32.7 Å². The van der Waals surface area contributed by atoms with Gasteiger partial charge in [0, 0.05) is 32.7 Å². The molecule has 0 radical (unpaired) electrons. The fraction of sp³-hybridized carbons (Fsp3) is 0.615. The molecule has 2 rings (SSSR count). The molecule has 1 unspecified atom stereocenters. The molecular weight excluding hydrogens is 284 g/mol. The van der Waals surface area contributed by atoms with Crippen molar-refractivity contribution in [2.45, 2.75) is 19.4 Å². The fourth-order valence-corrected chi connectivity index (χ4v) is 3.16. The van der Waals surface area contributed by atoms with E-state index in [4.69, 9.17) is 11.6 Å². The maximum absolute atomic E-state index is 12.2. The second-order valence-electron chi connectivity index (χ2n) is 4.76. The highest BCUT2D eigenvalue weighted by Crippen LogP contribution is 2.23. The highest BCUT2D eigenvalue weighted by molar-refractivity contribution is 7.17. The van der Waals surface area contributed by atoms with E-state index in [1.165, 1.54) is 11.3 Å². The molecule has 0 aromatic carbocycles. The Labute approximate surface area is 122 Å². The lowest BCUT2D eigenvalue weighted by atomic mass is 10.2. The Bertz CT molecular complexity index is 430. The van der Waals surface area contributed by atoms with E-state index in [1.54, 1.807) is 12.1 Å². The highest BCUT2D eigenvalue weighted by atomic mass is 35.5. The van der Waals surface area contributed by atoms with Crippen LogP contribution in [-0.4, -0.2) is 59.6 Å². The lowest BCUT2D eigenvalue weighted by molar-refractivity contribution is 0.0527. The minimum atomic E-state index is -0.265. The normalized spacial score (nSPS) is 18.6. The number of hydrogen-bond acceptors (Lipinski definition) is 4. The monoisotopic (exact) mass is 302 g/mol. The molecule has 1 saturated heterocycles. The molecule has 1 atom stereocenters. The van der Waals surface area contributed by atoms with Crippen LogP contribution < -0.4 is 0 Å². The molecule has 1 N–H and O–H groups in total. The summed E-state index contributed by atoms with van der Waals surface area (Å²) in [6, 6.07) is 3.54. The van der Waals surface area contributed by atoms with E-state index in [0.29, 0.717) is 28.8 Å². The summed E-state index contributed by atoms with van der Waals surface area (Å²) in [5.41, 5.74) is 0. The quantitative estimate of drug-likeness (QED) is 0.924. The number of aliphatic hydroxyl groups excluding tert-OH is 1. The molecule has 4 nitrogen and oxygen atoms in total. The van der Waals surface area contributed by atoms with Crippen LogP contribution in [0.4, 0.5) is 0 Å². The Balaban J connectivity index is 1.84. The minimum absolute atomic E-state index is 0.0626. The third-order valence-electron chi connectivity index (χ3n) is 3.38. The molecule has 0 bridgehead atoms. The van der Waals surface area contributed by atoms with Crippen LogP contribution in [0.1, 0.15) is 23.0 Å². The zero-order valence-electron chi connectivity index (χ0n) is 11.0. The van der Waals surface area contributed by atoms with Gasteiger partial charge in [0.25, 0.3) is 5.91 Å². The molecule has 1 aliphatic rings. The SMILES string of the molecule is CCC(O)CN1CCN(C(=O)c2ccc(Cl)s2)CC1. The van der Waals surface area contributed by atoms with Gasteiger partial charge in [-0.1, -0.05) is 18.5 Å². The molecule has 1 aromatic heterocycles. The van der Waals surface area contributed by atoms with Crippen LogP contribution in [0.2, 0.25) is 4.34 Å². The summed E-state index contributed by atoms with van der Waals surface area (Å²) in [5.74, 6) is 0.0626. The second-order valence-corrected chi connectivity index (χ2v) is 6.47. The number of thiophene rings is 1. The van der Waals surface area contributed by atoms with E-state index >= 15 is 0 Å². The number of carbonyl (C=O) groups excluding carboxylic acids is 1. The summed E-state index contributed by atoms with van der Waals surface area (Å²) in [7, 11) is 0. The van der Waals surface area contributed by atoms with Crippen molar-refractivity contribution in [3.05, 3.63) is 21.3 Å². The molecule has 1 amide bonds. The molecule has 1 aromatic rings. The molecule has 0 spiro atoms. The summed E-state index contributed by atoms with van der Waals surface area (Å²) in [6.07, 6.45) is 0.505. The van der Waals surface area contributed by atoms with Gasteiger partial charge in [0.05, 0.1) is 15.3 Å². The number of β-amino-alcohol motifs (C(OH)–C–C–N with tert-alkyl or cyclic N) is 1. The molecule has 6 heteroatoms. The van der Waals surface area contributed by atoms with Crippen molar-refractivity contribution < 1.29 is 9.90 Å². The molecule has 106 valence electrons. The van der Waals surface area contributed by atoms with Crippen molar-refractivity contribution in [2.24, 2.45) is 0 Å². The maximum Gasteiger partial charge on any atom is 0.264 e. The van der Waals surface area contributed by atoms with Gasteiger partial charge < -0.3 is 10.0 Å². The molecule has 19 heavy (non-hydrogen) atoms. The van der Waals surface area contributed by atoms with E-state index in [0.717, 1.165) is 19.5 Å². The number of hydrogen-bond donors (Lipinski definition) is 1. The first-order valence-corrected chi connectivity index (χ1v) is 7.74. The van der Waals surface area contributed by atoms with Crippen LogP contribution in [0.25, 0.3) is 0 Å². The van der Waals surface area contributed by atoms with Crippen molar-refractivity contribution in [3.63, 3.8) is 0 Å². The van der Waals surface area contributed by atoms with Gasteiger partial charge in [0.1, 0.15) is 0 Å². The third-order valence-corrected chi connectivity index (χ3v) is 4.60. The topological polar surface area (TPSA) is 43.8 Å². The van der Waals surface area contributed by atoms with Crippen LogP contribution in [0.5, 0.6) is 0 Å². The number of halogens is 1. The molecule has 0 saturated carbocycles. The van der Waals surface area contributed by atoms with Crippen molar-refractivity contribution in [1.82, 2.24) is 9.80 Å².